The monoisotopic (exact) mass is 322 g/mol. The molecule has 0 aliphatic rings. The van der Waals surface area contributed by atoms with E-state index in [9.17, 15) is 9.59 Å². The van der Waals surface area contributed by atoms with Crippen LogP contribution in [-0.4, -0.2) is 39.4 Å². The molecule has 7 heteroatoms. The van der Waals surface area contributed by atoms with E-state index in [1.54, 1.807) is 11.9 Å². The van der Waals surface area contributed by atoms with Crippen molar-refractivity contribution < 1.29 is 4.79 Å². The number of aryl methyl sites for hydroxylation is 2. The van der Waals surface area contributed by atoms with Gasteiger partial charge in [0.05, 0.1) is 5.39 Å². The largest absolute Gasteiger partial charge is 0.344 e. The molecule has 22 heavy (non-hydrogen) atoms. The van der Waals surface area contributed by atoms with Crippen LogP contribution in [-0.2, 0) is 17.8 Å². The molecule has 0 fully saturated rings. The van der Waals surface area contributed by atoms with Crippen LogP contribution in [0.25, 0.3) is 10.2 Å². The van der Waals surface area contributed by atoms with Gasteiger partial charge in [-0.05, 0) is 25.3 Å². The minimum absolute atomic E-state index is 0.0568. The number of unbranched alkanes of at least 4 members (excludes halogenated alkanes) is 1. The lowest BCUT2D eigenvalue weighted by Gasteiger charge is -2.16. The van der Waals surface area contributed by atoms with Gasteiger partial charge in [0.2, 0.25) is 5.91 Å². The summed E-state index contributed by atoms with van der Waals surface area (Å²) in [6.07, 6.45) is 2.84. The summed E-state index contributed by atoms with van der Waals surface area (Å²) in [5, 5.41) is 8.62. The van der Waals surface area contributed by atoms with E-state index in [4.69, 9.17) is 0 Å². The summed E-state index contributed by atoms with van der Waals surface area (Å²) in [6.45, 7) is 6.69. The molecular formula is C15H22N4O2S. The number of hydrogen-bond donors (Lipinski definition) is 0. The SMILES string of the molecule is CCCCN(C)C(=O)Cn1nnc2sc(CC)c(C)c2c1=O. The molecule has 2 rings (SSSR count). The molecule has 0 aliphatic carbocycles. The Bertz CT molecular complexity index is 735. The van der Waals surface area contributed by atoms with Crippen LogP contribution in [0.15, 0.2) is 4.79 Å². The zero-order valence-electron chi connectivity index (χ0n) is 13.5. The predicted octanol–water partition coefficient (Wildman–Crippen LogP) is 1.98. The van der Waals surface area contributed by atoms with Gasteiger partial charge in [0.15, 0.2) is 4.83 Å². The highest BCUT2D eigenvalue weighted by Crippen LogP contribution is 2.26. The molecule has 0 aliphatic heterocycles. The third kappa shape index (κ3) is 3.19. The fourth-order valence-electron chi connectivity index (χ4n) is 2.34. The third-order valence-electron chi connectivity index (χ3n) is 3.80. The second kappa shape index (κ2) is 7.00. The number of carbonyl (C=O) groups excluding carboxylic acids is 1. The summed E-state index contributed by atoms with van der Waals surface area (Å²) < 4.78 is 1.17. The highest BCUT2D eigenvalue weighted by atomic mass is 32.1. The standard InChI is InChI=1S/C15H22N4O2S/c1-5-7-8-18(4)12(20)9-19-15(21)13-10(3)11(6-2)22-14(13)16-17-19/h5-9H2,1-4H3. The first-order chi connectivity index (χ1) is 10.5. The normalized spacial score (nSPS) is 11.1. The molecule has 2 aromatic heterocycles. The van der Waals surface area contributed by atoms with Gasteiger partial charge >= 0.3 is 0 Å². The minimum atomic E-state index is -0.226. The number of carbonyl (C=O) groups is 1. The van der Waals surface area contributed by atoms with Crippen molar-refractivity contribution in [2.45, 2.75) is 46.6 Å². The summed E-state index contributed by atoms with van der Waals surface area (Å²) in [6, 6.07) is 0. The molecule has 120 valence electrons. The Hall–Kier alpha value is -1.76. The molecule has 0 bridgehead atoms. The maximum absolute atomic E-state index is 12.5. The molecule has 0 atom stereocenters. The molecule has 0 aromatic carbocycles. The fraction of sp³-hybridized carbons (Fsp3) is 0.600. The maximum Gasteiger partial charge on any atom is 0.279 e. The van der Waals surface area contributed by atoms with E-state index < -0.39 is 0 Å². The van der Waals surface area contributed by atoms with Crippen molar-refractivity contribution >= 4 is 27.5 Å². The Morgan fingerprint density at radius 3 is 2.73 bits per heavy atom. The van der Waals surface area contributed by atoms with Crippen molar-refractivity contribution in [3.63, 3.8) is 0 Å². The molecule has 0 unspecified atom stereocenters. The van der Waals surface area contributed by atoms with Crippen LogP contribution in [0.4, 0.5) is 0 Å². The van der Waals surface area contributed by atoms with Crippen molar-refractivity contribution in [2.24, 2.45) is 0 Å². The Labute approximate surface area is 133 Å². The molecule has 0 saturated heterocycles. The number of rotatable bonds is 6. The average Bonchev–Trinajstić information content (AvgIpc) is 2.84. The molecule has 2 aromatic rings. The summed E-state index contributed by atoms with van der Waals surface area (Å²) >= 11 is 1.50. The van der Waals surface area contributed by atoms with Crippen molar-refractivity contribution in [3.8, 4) is 0 Å². The van der Waals surface area contributed by atoms with Crippen LogP contribution in [0, 0.1) is 6.92 Å². The summed E-state index contributed by atoms with van der Waals surface area (Å²) in [7, 11) is 1.75. The lowest BCUT2D eigenvalue weighted by molar-refractivity contribution is -0.130. The van der Waals surface area contributed by atoms with E-state index in [0.717, 1.165) is 29.7 Å². The van der Waals surface area contributed by atoms with Crippen molar-refractivity contribution in [1.82, 2.24) is 19.9 Å². The summed E-state index contributed by atoms with van der Waals surface area (Å²) in [5.41, 5.74) is 0.735. The van der Waals surface area contributed by atoms with Gasteiger partial charge in [-0.3, -0.25) is 9.59 Å². The van der Waals surface area contributed by atoms with E-state index in [1.807, 2.05) is 6.92 Å². The Morgan fingerprint density at radius 2 is 2.09 bits per heavy atom. The molecule has 6 nitrogen and oxygen atoms in total. The molecule has 0 saturated carbocycles. The van der Waals surface area contributed by atoms with Crippen LogP contribution >= 0.6 is 11.3 Å². The molecule has 0 spiro atoms. The number of nitrogens with zero attached hydrogens (tertiary/aromatic N) is 4. The second-order valence-electron chi connectivity index (χ2n) is 5.41. The predicted molar refractivity (Wildman–Crippen MR) is 88.3 cm³/mol. The first-order valence-electron chi connectivity index (χ1n) is 7.59. The third-order valence-corrected chi connectivity index (χ3v) is 5.12. The Balaban J connectivity index is 2.29. The van der Waals surface area contributed by atoms with Crippen LogP contribution < -0.4 is 5.56 Å². The van der Waals surface area contributed by atoms with Gasteiger partial charge in [-0.25, -0.2) is 4.68 Å². The van der Waals surface area contributed by atoms with Gasteiger partial charge < -0.3 is 4.90 Å². The molecular weight excluding hydrogens is 300 g/mol. The van der Waals surface area contributed by atoms with Gasteiger partial charge in [-0.15, -0.1) is 16.4 Å². The smallest absolute Gasteiger partial charge is 0.279 e. The van der Waals surface area contributed by atoms with Crippen LogP contribution in [0.5, 0.6) is 0 Å². The quantitative estimate of drug-likeness (QED) is 0.815. The molecule has 1 amide bonds. The second-order valence-corrected chi connectivity index (χ2v) is 6.49. The van der Waals surface area contributed by atoms with Gasteiger partial charge in [-0.1, -0.05) is 25.5 Å². The Morgan fingerprint density at radius 1 is 1.36 bits per heavy atom. The average molecular weight is 322 g/mol. The van der Waals surface area contributed by atoms with E-state index in [-0.39, 0.29) is 18.0 Å². The highest BCUT2D eigenvalue weighted by Gasteiger charge is 2.17. The van der Waals surface area contributed by atoms with Crippen LogP contribution in [0.1, 0.15) is 37.1 Å². The first-order valence-corrected chi connectivity index (χ1v) is 8.40. The van der Waals surface area contributed by atoms with Crippen molar-refractivity contribution in [1.29, 1.82) is 0 Å². The van der Waals surface area contributed by atoms with Gasteiger partial charge in [-0.2, -0.15) is 0 Å². The van der Waals surface area contributed by atoms with Crippen LogP contribution in [0.2, 0.25) is 0 Å². The number of likely N-dealkylation sites (N-methyl/N-ethyl adjacent to an activating group) is 1. The number of hydrogen-bond acceptors (Lipinski definition) is 5. The lowest BCUT2D eigenvalue weighted by Crippen LogP contribution is -2.36. The van der Waals surface area contributed by atoms with Crippen molar-refractivity contribution in [3.05, 3.63) is 20.8 Å². The summed E-state index contributed by atoms with van der Waals surface area (Å²) in [4.78, 5) is 28.1. The minimum Gasteiger partial charge on any atom is -0.344 e. The topological polar surface area (TPSA) is 68.1 Å². The molecule has 0 radical (unpaired) electrons. The van der Waals surface area contributed by atoms with Crippen LogP contribution in [0.3, 0.4) is 0 Å². The zero-order valence-corrected chi connectivity index (χ0v) is 14.4. The van der Waals surface area contributed by atoms with E-state index in [0.29, 0.717) is 16.8 Å². The lowest BCUT2D eigenvalue weighted by atomic mass is 10.2. The fourth-order valence-corrected chi connectivity index (χ4v) is 3.39. The van der Waals surface area contributed by atoms with Gasteiger partial charge in [0, 0.05) is 18.5 Å². The van der Waals surface area contributed by atoms with E-state index >= 15 is 0 Å². The van der Waals surface area contributed by atoms with Crippen molar-refractivity contribution in [2.75, 3.05) is 13.6 Å². The van der Waals surface area contributed by atoms with Gasteiger partial charge in [0.25, 0.3) is 5.56 Å². The highest BCUT2D eigenvalue weighted by molar-refractivity contribution is 7.18. The van der Waals surface area contributed by atoms with E-state index in [2.05, 4.69) is 24.2 Å². The maximum atomic E-state index is 12.5. The Kier molecular flexibility index (Phi) is 5.28. The summed E-state index contributed by atoms with van der Waals surface area (Å²) in [5.74, 6) is -0.118. The number of amides is 1. The number of aromatic nitrogens is 3. The number of thiophene rings is 1. The zero-order chi connectivity index (χ0) is 16.3. The number of fused-ring (bicyclic) bond motifs is 1. The van der Waals surface area contributed by atoms with E-state index in [1.165, 1.54) is 16.0 Å². The first kappa shape index (κ1) is 16.6. The van der Waals surface area contributed by atoms with Gasteiger partial charge in [0.1, 0.15) is 6.54 Å². The molecule has 2 heterocycles. The molecule has 0 N–H and O–H groups in total.